The predicted molar refractivity (Wildman–Crippen MR) is 184 cm³/mol. The Hall–Kier alpha value is -3.48. The van der Waals surface area contributed by atoms with Gasteiger partial charge in [-0.1, -0.05) is 72.8 Å². The van der Waals surface area contributed by atoms with Gasteiger partial charge in [0.15, 0.2) is 0 Å². The molecule has 5 rings (SSSR count). The summed E-state index contributed by atoms with van der Waals surface area (Å²) in [5.74, 6) is 0.676. The maximum atomic E-state index is 13.2. The van der Waals surface area contributed by atoms with E-state index in [-0.39, 0.29) is 17.1 Å². The highest BCUT2D eigenvalue weighted by Crippen LogP contribution is 2.42. The number of fused-ring (bicyclic) bond motifs is 1. The normalized spacial score (nSPS) is 15.0. The van der Waals surface area contributed by atoms with Crippen LogP contribution in [0.25, 0.3) is 0 Å². The minimum Gasteiger partial charge on any atom is -0.496 e. The van der Waals surface area contributed by atoms with E-state index in [2.05, 4.69) is 106 Å². The van der Waals surface area contributed by atoms with Crippen molar-refractivity contribution >= 4 is 21.8 Å². The summed E-state index contributed by atoms with van der Waals surface area (Å²) in [5.41, 5.74) is 6.22. The Kier molecular flexibility index (Phi) is 11.5. The first kappa shape index (κ1) is 32.9. The van der Waals surface area contributed by atoms with Crippen molar-refractivity contribution in [1.29, 1.82) is 0 Å². The van der Waals surface area contributed by atoms with Crippen LogP contribution in [0.4, 0.5) is 4.39 Å². The fourth-order valence-electron chi connectivity index (χ4n) is 6.92. The quantitative estimate of drug-likeness (QED) is 0.136. The first-order chi connectivity index (χ1) is 21.9. The summed E-state index contributed by atoms with van der Waals surface area (Å²) in [6, 6.07) is 32.9. The number of halogens is 2. The average molecular weight is 672 g/mol. The second kappa shape index (κ2) is 15.7. The molecule has 1 aliphatic rings. The SMILES string of the molecule is COc1cc2c(cc1Br)C(C)N(CCCC(CCCNC(=O)CCc1ccc(F)cc1)(c1ccccc1)c1ccccc1)CC2. The molecule has 0 saturated carbocycles. The molecule has 1 heterocycles. The van der Waals surface area contributed by atoms with E-state index < -0.39 is 0 Å². The van der Waals surface area contributed by atoms with E-state index in [0.717, 1.165) is 61.0 Å². The van der Waals surface area contributed by atoms with E-state index in [4.69, 9.17) is 4.74 Å². The lowest BCUT2D eigenvalue weighted by molar-refractivity contribution is -0.121. The first-order valence-electron chi connectivity index (χ1n) is 16.1. The summed E-state index contributed by atoms with van der Waals surface area (Å²) in [5, 5.41) is 3.14. The third-order valence-corrected chi connectivity index (χ3v) is 10.1. The Balaban J connectivity index is 1.26. The molecule has 1 atom stereocenters. The van der Waals surface area contributed by atoms with Crippen molar-refractivity contribution < 1.29 is 13.9 Å². The standard InChI is InChI=1S/C39H44BrFN2O2/c1-29-35-28-36(40)37(45-2)27-31(35)21-26-43(29)25-10-23-39(32-11-5-3-6-12-32,33-13-7-4-8-14-33)22-9-24-42-38(44)20-17-30-15-18-34(41)19-16-30/h3-8,11-16,18-19,27-29H,9-10,17,20-26H2,1-2H3,(H,42,44). The molecule has 1 N–H and O–H groups in total. The molecule has 0 bridgehead atoms. The molecule has 0 fully saturated rings. The molecule has 236 valence electrons. The zero-order valence-electron chi connectivity index (χ0n) is 26.4. The van der Waals surface area contributed by atoms with Crippen LogP contribution in [0.2, 0.25) is 0 Å². The van der Waals surface area contributed by atoms with Gasteiger partial charge in [-0.15, -0.1) is 0 Å². The summed E-state index contributed by atoms with van der Waals surface area (Å²) >= 11 is 3.69. The lowest BCUT2D eigenvalue weighted by Crippen LogP contribution is -2.36. The maximum absolute atomic E-state index is 13.2. The molecule has 1 amide bonds. The summed E-state index contributed by atoms with van der Waals surface area (Å²) in [4.78, 5) is 15.3. The molecule has 0 aromatic heterocycles. The Labute approximate surface area is 276 Å². The predicted octanol–water partition coefficient (Wildman–Crippen LogP) is 8.81. The van der Waals surface area contributed by atoms with Crippen LogP contribution in [-0.2, 0) is 23.1 Å². The molecular weight excluding hydrogens is 627 g/mol. The second-order valence-corrected chi connectivity index (χ2v) is 13.0. The Morgan fingerprint density at radius 2 is 1.60 bits per heavy atom. The lowest BCUT2D eigenvalue weighted by atomic mass is 9.68. The van der Waals surface area contributed by atoms with Crippen LogP contribution in [0, 0.1) is 5.82 Å². The van der Waals surface area contributed by atoms with Gasteiger partial charge in [0, 0.05) is 31.0 Å². The molecule has 0 spiro atoms. The number of methoxy groups -OCH3 is 1. The summed E-state index contributed by atoms with van der Waals surface area (Å²) in [6.07, 6.45) is 5.90. The van der Waals surface area contributed by atoms with Crippen LogP contribution in [-0.4, -0.2) is 37.6 Å². The van der Waals surface area contributed by atoms with Crippen molar-refractivity contribution in [2.24, 2.45) is 0 Å². The highest BCUT2D eigenvalue weighted by molar-refractivity contribution is 9.10. The van der Waals surface area contributed by atoms with Gasteiger partial charge in [0.05, 0.1) is 11.6 Å². The molecular formula is C39H44BrFN2O2. The molecule has 1 unspecified atom stereocenters. The van der Waals surface area contributed by atoms with Crippen LogP contribution in [0.15, 0.2) is 102 Å². The number of nitrogens with zero attached hydrogens (tertiary/aromatic N) is 1. The number of aryl methyl sites for hydroxylation is 1. The smallest absolute Gasteiger partial charge is 0.220 e. The average Bonchev–Trinajstić information content (AvgIpc) is 3.07. The largest absolute Gasteiger partial charge is 0.496 e. The molecule has 4 aromatic rings. The fourth-order valence-corrected chi connectivity index (χ4v) is 7.44. The van der Waals surface area contributed by atoms with E-state index in [1.165, 1.54) is 34.4 Å². The molecule has 45 heavy (non-hydrogen) atoms. The van der Waals surface area contributed by atoms with Gasteiger partial charge in [0.1, 0.15) is 11.6 Å². The van der Waals surface area contributed by atoms with Gasteiger partial charge < -0.3 is 10.1 Å². The van der Waals surface area contributed by atoms with Gasteiger partial charge in [-0.25, -0.2) is 4.39 Å². The highest BCUT2D eigenvalue weighted by atomic mass is 79.9. The van der Waals surface area contributed by atoms with Crippen LogP contribution in [0.3, 0.4) is 0 Å². The zero-order valence-corrected chi connectivity index (χ0v) is 28.0. The number of nitrogens with one attached hydrogen (secondary N) is 1. The summed E-state index contributed by atoms with van der Waals surface area (Å²) in [6.45, 7) is 5.00. The number of carbonyl (C=O) groups is 1. The number of rotatable bonds is 14. The number of ether oxygens (including phenoxy) is 1. The van der Waals surface area contributed by atoms with E-state index in [1.54, 1.807) is 19.2 Å². The van der Waals surface area contributed by atoms with Crippen molar-refractivity contribution in [3.8, 4) is 5.75 Å². The van der Waals surface area contributed by atoms with Gasteiger partial charge in [0.25, 0.3) is 0 Å². The van der Waals surface area contributed by atoms with Gasteiger partial charge in [-0.3, -0.25) is 9.69 Å². The topological polar surface area (TPSA) is 41.6 Å². The number of hydrogen-bond acceptors (Lipinski definition) is 3. The minimum atomic E-state index is -0.256. The number of carbonyl (C=O) groups excluding carboxylic acids is 1. The minimum absolute atomic E-state index is 0.0352. The molecule has 0 saturated heterocycles. The maximum Gasteiger partial charge on any atom is 0.220 e. The van der Waals surface area contributed by atoms with Crippen LogP contribution < -0.4 is 10.1 Å². The summed E-state index contributed by atoms with van der Waals surface area (Å²) < 4.78 is 19.8. The highest BCUT2D eigenvalue weighted by Gasteiger charge is 2.34. The Bertz CT molecular complexity index is 1490. The van der Waals surface area contributed by atoms with Crippen molar-refractivity contribution in [2.75, 3.05) is 26.7 Å². The third-order valence-electron chi connectivity index (χ3n) is 9.44. The van der Waals surface area contributed by atoms with Crippen molar-refractivity contribution in [3.05, 3.63) is 135 Å². The van der Waals surface area contributed by atoms with Crippen molar-refractivity contribution in [1.82, 2.24) is 10.2 Å². The van der Waals surface area contributed by atoms with E-state index in [9.17, 15) is 9.18 Å². The second-order valence-electron chi connectivity index (χ2n) is 12.1. The molecule has 1 aliphatic heterocycles. The molecule has 0 aliphatic carbocycles. The molecule has 4 aromatic carbocycles. The Morgan fingerprint density at radius 3 is 2.24 bits per heavy atom. The molecule has 6 heteroatoms. The lowest BCUT2D eigenvalue weighted by Gasteiger charge is -2.39. The summed E-state index contributed by atoms with van der Waals surface area (Å²) in [7, 11) is 1.72. The van der Waals surface area contributed by atoms with Gasteiger partial charge >= 0.3 is 0 Å². The fraction of sp³-hybridized carbons (Fsp3) is 0.359. The van der Waals surface area contributed by atoms with Gasteiger partial charge in [0.2, 0.25) is 5.91 Å². The number of amides is 1. The zero-order chi connectivity index (χ0) is 31.6. The van der Waals surface area contributed by atoms with Crippen molar-refractivity contribution in [2.45, 2.75) is 63.3 Å². The number of hydrogen-bond donors (Lipinski definition) is 1. The van der Waals surface area contributed by atoms with Crippen LogP contribution in [0.5, 0.6) is 5.75 Å². The van der Waals surface area contributed by atoms with E-state index in [0.29, 0.717) is 25.4 Å². The monoisotopic (exact) mass is 670 g/mol. The molecule has 4 nitrogen and oxygen atoms in total. The first-order valence-corrected chi connectivity index (χ1v) is 16.9. The van der Waals surface area contributed by atoms with Gasteiger partial charge in [-0.2, -0.15) is 0 Å². The van der Waals surface area contributed by atoms with Crippen LogP contribution in [0.1, 0.15) is 72.9 Å². The Morgan fingerprint density at radius 1 is 0.956 bits per heavy atom. The van der Waals surface area contributed by atoms with Gasteiger partial charge in [-0.05, 0) is 120 Å². The number of benzene rings is 4. The third kappa shape index (κ3) is 8.22. The van der Waals surface area contributed by atoms with E-state index >= 15 is 0 Å². The molecule has 0 radical (unpaired) electrons. The van der Waals surface area contributed by atoms with Crippen LogP contribution >= 0.6 is 15.9 Å². The van der Waals surface area contributed by atoms with Crippen molar-refractivity contribution in [3.63, 3.8) is 0 Å². The van der Waals surface area contributed by atoms with E-state index in [1.807, 2.05) is 0 Å².